The molecule has 1 N–H and O–H groups in total. The zero-order valence-electron chi connectivity index (χ0n) is 13.4. The molecule has 0 amide bonds. The van der Waals surface area contributed by atoms with E-state index >= 15 is 0 Å². The van der Waals surface area contributed by atoms with E-state index in [0.29, 0.717) is 15.6 Å². The molecule has 118 valence electrons. The highest BCUT2D eigenvalue weighted by Gasteiger charge is 2.42. The van der Waals surface area contributed by atoms with E-state index in [1.807, 2.05) is 13.8 Å². The number of aromatic amines is 1. The van der Waals surface area contributed by atoms with Crippen molar-refractivity contribution in [3.05, 3.63) is 25.4 Å². The van der Waals surface area contributed by atoms with Gasteiger partial charge in [-0.1, -0.05) is 20.8 Å². The molecule has 21 heavy (non-hydrogen) atoms. The molecule has 0 atom stereocenters. The van der Waals surface area contributed by atoms with E-state index in [-0.39, 0.29) is 5.56 Å². The zero-order chi connectivity index (χ0) is 15.7. The fourth-order valence-corrected chi connectivity index (χ4v) is 3.65. The van der Waals surface area contributed by atoms with Crippen LogP contribution in [-0.4, -0.2) is 16.6 Å². The minimum absolute atomic E-state index is 0.0404. The Bertz CT molecular complexity index is 556. The first-order valence-electron chi connectivity index (χ1n) is 7.77. The van der Waals surface area contributed by atoms with Crippen molar-refractivity contribution in [1.82, 2.24) is 9.97 Å². The number of ether oxygens (including phenoxy) is 1. The Hall–Kier alpha value is -0.430. The minimum Gasteiger partial charge on any atom is -0.367 e. The molecule has 5 heteroatoms. The van der Waals surface area contributed by atoms with E-state index in [0.717, 1.165) is 43.6 Å². The quantitative estimate of drug-likeness (QED) is 0.778. The van der Waals surface area contributed by atoms with Crippen LogP contribution >= 0.6 is 22.6 Å². The van der Waals surface area contributed by atoms with Gasteiger partial charge in [0.1, 0.15) is 11.4 Å². The molecule has 4 nitrogen and oxygen atoms in total. The number of nitrogens with one attached hydrogen (secondary N) is 1. The Morgan fingerprint density at radius 3 is 2.38 bits per heavy atom. The van der Waals surface area contributed by atoms with Gasteiger partial charge in [0.25, 0.3) is 5.56 Å². The predicted octanol–water partition coefficient (Wildman–Crippen LogP) is 3.77. The van der Waals surface area contributed by atoms with Gasteiger partial charge in [0, 0.05) is 6.61 Å². The molecular weight excluding hydrogens is 379 g/mol. The summed E-state index contributed by atoms with van der Waals surface area (Å²) < 4.78 is 6.81. The normalized spacial score (nSPS) is 20.4. The fraction of sp³-hybridized carbons (Fsp3) is 0.750. The molecule has 1 aromatic rings. The van der Waals surface area contributed by atoms with Crippen molar-refractivity contribution >= 4 is 22.6 Å². The standard InChI is InChI=1S/C16H25IN2O2/c1-5-11-12(17)13(20)19-14(18-11)16(21-6-2)9-7-15(3,4)8-10-16/h5-10H2,1-4H3,(H,18,19,20). The summed E-state index contributed by atoms with van der Waals surface area (Å²) in [4.78, 5) is 19.9. The third-order valence-corrected chi connectivity index (χ3v) is 5.64. The van der Waals surface area contributed by atoms with E-state index in [1.165, 1.54) is 0 Å². The molecular formula is C16H25IN2O2. The van der Waals surface area contributed by atoms with Gasteiger partial charge in [-0.3, -0.25) is 4.79 Å². The molecule has 0 aliphatic heterocycles. The molecule has 2 rings (SSSR count). The second-order valence-electron chi connectivity index (χ2n) is 6.62. The Labute approximate surface area is 140 Å². The van der Waals surface area contributed by atoms with Gasteiger partial charge < -0.3 is 9.72 Å². The van der Waals surface area contributed by atoms with Crippen molar-refractivity contribution in [2.24, 2.45) is 5.41 Å². The van der Waals surface area contributed by atoms with Crippen LogP contribution in [0.15, 0.2) is 4.79 Å². The van der Waals surface area contributed by atoms with Gasteiger partial charge >= 0.3 is 0 Å². The number of hydrogen-bond acceptors (Lipinski definition) is 3. The number of aryl methyl sites for hydroxylation is 1. The first-order valence-corrected chi connectivity index (χ1v) is 8.84. The first kappa shape index (κ1) is 16.9. The molecule has 1 aliphatic carbocycles. The summed E-state index contributed by atoms with van der Waals surface area (Å²) in [5.41, 5.74) is 0.759. The first-order chi connectivity index (χ1) is 9.83. The Kier molecular flexibility index (Phi) is 5.13. The highest BCUT2D eigenvalue weighted by Crippen LogP contribution is 2.46. The number of halogens is 1. The lowest BCUT2D eigenvalue weighted by Gasteiger charge is -2.42. The van der Waals surface area contributed by atoms with Crippen LogP contribution < -0.4 is 5.56 Å². The molecule has 1 saturated carbocycles. The maximum atomic E-state index is 12.2. The van der Waals surface area contributed by atoms with Crippen molar-refractivity contribution in [3.8, 4) is 0 Å². The van der Waals surface area contributed by atoms with E-state index in [4.69, 9.17) is 9.72 Å². The van der Waals surface area contributed by atoms with Crippen molar-refractivity contribution in [2.75, 3.05) is 6.61 Å². The molecule has 0 bridgehead atoms. The van der Waals surface area contributed by atoms with Crippen molar-refractivity contribution in [1.29, 1.82) is 0 Å². The second kappa shape index (κ2) is 6.36. The summed E-state index contributed by atoms with van der Waals surface area (Å²) in [6.07, 6.45) is 4.78. The third kappa shape index (κ3) is 3.50. The number of hydrogen-bond donors (Lipinski definition) is 1. The van der Waals surface area contributed by atoms with Gasteiger partial charge in [-0.15, -0.1) is 0 Å². The van der Waals surface area contributed by atoms with Crippen LogP contribution in [0.5, 0.6) is 0 Å². The van der Waals surface area contributed by atoms with Crippen LogP contribution in [0.1, 0.15) is 64.9 Å². The summed E-state index contributed by atoms with van der Waals surface area (Å²) in [5, 5.41) is 0. The Morgan fingerprint density at radius 2 is 1.86 bits per heavy atom. The van der Waals surface area contributed by atoms with Crippen molar-refractivity contribution in [3.63, 3.8) is 0 Å². The van der Waals surface area contributed by atoms with Crippen LogP contribution in [0, 0.1) is 8.99 Å². The highest BCUT2D eigenvalue weighted by atomic mass is 127. The average molecular weight is 404 g/mol. The number of H-pyrrole nitrogens is 1. The molecule has 0 unspecified atom stereocenters. The molecule has 1 heterocycles. The molecule has 1 aliphatic rings. The monoisotopic (exact) mass is 404 g/mol. The van der Waals surface area contributed by atoms with Crippen LogP contribution in [-0.2, 0) is 16.8 Å². The zero-order valence-corrected chi connectivity index (χ0v) is 15.5. The van der Waals surface area contributed by atoms with Gasteiger partial charge in [0.15, 0.2) is 0 Å². The minimum atomic E-state index is -0.419. The smallest absolute Gasteiger partial charge is 0.264 e. The molecule has 1 aromatic heterocycles. The molecule has 0 spiro atoms. The van der Waals surface area contributed by atoms with E-state index in [2.05, 4.69) is 41.4 Å². The third-order valence-electron chi connectivity index (χ3n) is 4.53. The summed E-state index contributed by atoms with van der Waals surface area (Å²) in [6, 6.07) is 0. The molecule has 0 saturated heterocycles. The van der Waals surface area contributed by atoms with E-state index in [1.54, 1.807) is 0 Å². The predicted molar refractivity (Wildman–Crippen MR) is 92.5 cm³/mol. The lowest BCUT2D eigenvalue weighted by Crippen LogP contribution is -2.40. The van der Waals surface area contributed by atoms with Crippen LogP contribution in [0.3, 0.4) is 0 Å². The Morgan fingerprint density at radius 1 is 1.24 bits per heavy atom. The van der Waals surface area contributed by atoms with Crippen LogP contribution in [0.4, 0.5) is 0 Å². The number of aromatic nitrogens is 2. The van der Waals surface area contributed by atoms with Crippen LogP contribution in [0.25, 0.3) is 0 Å². The van der Waals surface area contributed by atoms with Gasteiger partial charge in [0.2, 0.25) is 0 Å². The molecule has 0 radical (unpaired) electrons. The van der Waals surface area contributed by atoms with Gasteiger partial charge in [-0.05, 0) is 67.0 Å². The van der Waals surface area contributed by atoms with Crippen molar-refractivity contribution in [2.45, 2.75) is 65.4 Å². The van der Waals surface area contributed by atoms with Crippen molar-refractivity contribution < 1.29 is 4.74 Å². The number of nitrogens with zero attached hydrogens (tertiary/aromatic N) is 1. The van der Waals surface area contributed by atoms with Gasteiger partial charge in [-0.2, -0.15) is 0 Å². The summed E-state index contributed by atoms with van der Waals surface area (Å²) in [5.74, 6) is 0.724. The topological polar surface area (TPSA) is 55.0 Å². The lowest BCUT2D eigenvalue weighted by molar-refractivity contribution is -0.0950. The van der Waals surface area contributed by atoms with E-state index in [9.17, 15) is 4.79 Å². The Balaban J connectivity index is 2.44. The number of rotatable bonds is 4. The molecule has 0 aromatic carbocycles. The summed E-state index contributed by atoms with van der Waals surface area (Å²) in [6.45, 7) is 9.27. The maximum Gasteiger partial charge on any atom is 0.264 e. The van der Waals surface area contributed by atoms with Crippen LogP contribution in [0.2, 0.25) is 0 Å². The van der Waals surface area contributed by atoms with Gasteiger partial charge in [-0.25, -0.2) is 4.98 Å². The summed E-state index contributed by atoms with van der Waals surface area (Å²) >= 11 is 2.08. The highest BCUT2D eigenvalue weighted by molar-refractivity contribution is 14.1. The second-order valence-corrected chi connectivity index (χ2v) is 7.70. The average Bonchev–Trinajstić information content (AvgIpc) is 2.44. The van der Waals surface area contributed by atoms with Gasteiger partial charge in [0.05, 0.1) is 9.26 Å². The lowest BCUT2D eigenvalue weighted by atomic mass is 9.70. The molecule has 1 fully saturated rings. The largest absolute Gasteiger partial charge is 0.367 e. The summed E-state index contributed by atoms with van der Waals surface area (Å²) in [7, 11) is 0. The SMILES string of the molecule is CCOC1(c2nc(CC)c(I)c(=O)[nH]2)CCC(C)(C)CC1. The maximum absolute atomic E-state index is 12.2. The van der Waals surface area contributed by atoms with E-state index < -0.39 is 5.60 Å². The fourth-order valence-electron chi connectivity index (χ4n) is 3.01.